The minimum Gasteiger partial charge on any atom is -0.365 e. The van der Waals surface area contributed by atoms with Gasteiger partial charge in [-0.1, -0.05) is 11.6 Å². The van der Waals surface area contributed by atoms with Gasteiger partial charge < -0.3 is 4.90 Å². The molecule has 2 rings (SSSR count). The first-order valence-electron chi connectivity index (χ1n) is 5.96. The molecule has 0 radical (unpaired) electrons. The second kappa shape index (κ2) is 4.34. The van der Waals surface area contributed by atoms with Crippen LogP contribution in [-0.4, -0.2) is 17.9 Å². The molecule has 2 nitrogen and oxygen atoms in total. The molecule has 0 atom stereocenters. The van der Waals surface area contributed by atoms with E-state index < -0.39 is 0 Å². The van der Waals surface area contributed by atoms with Crippen LogP contribution in [0.1, 0.15) is 32.3 Å². The number of nitrogens with zero attached hydrogens (tertiary/aromatic N) is 1. The quantitative estimate of drug-likeness (QED) is 0.760. The van der Waals surface area contributed by atoms with E-state index in [0.717, 1.165) is 11.6 Å². The first-order valence-corrected chi connectivity index (χ1v) is 6.33. The molecular weight excluding hydrogens is 234 g/mol. The van der Waals surface area contributed by atoms with Crippen LogP contribution in [0.2, 0.25) is 5.02 Å². The van der Waals surface area contributed by atoms with E-state index in [4.69, 9.17) is 11.6 Å². The number of carbonyl (C=O) groups excluding carboxylic acids is 1. The highest BCUT2D eigenvalue weighted by molar-refractivity contribution is 6.30. The summed E-state index contributed by atoms with van der Waals surface area (Å²) in [4.78, 5) is 13.9. The summed E-state index contributed by atoms with van der Waals surface area (Å²) in [7, 11) is 0. The maximum absolute atomic E-state index is 11.5. The smallest absolute Gasteiger partial charge is 0.136 e. The number of ketones is 1. The second-order valence-electron chi connectivity index (χ2n) is 5.36. The fraction of sp³-hybridized carbons (Fsp3) is 0.500. The lowest BCUT2D eigenvalue weighted by molar-refractivity contribution is -0.121. The third-order valence-electron chi connectivity index (χ3n) is 3.42. The van der Waals surface area contributed by atoms with E-state index in [1.807, 2.05) is 12.1 Å². The Morgan fingerprint density at radius 3 is 2.65 bits per heavy atom. The topological polar surface area (TPSA) is 20.3 Å². The fourth-order valence-electron chi connectivity index (χ4n) is 2.57. The van der Waals surface area contributed by atoms with Gasteiger partial charge in [-0.3, -0.25) is 4.79 Å². The van der Waals surface area contributed by atoms with Crippen molar-refractivity contribution in [2.75, 3.05) is 11.4 Å². The number of rotatable bonds is 1. The lowest BCUT2D eigenvalue weighted by Gasteiger charge is -2.44. The molecule has 0 aromatic heterocycles. The van der Waals surface area contributed by atoms with E-state index in [1.165, 1.54) is 11.3 Å². The van der Waals surface area contributed by atoms with E-state index in [9.17, 15) is 4.79 Å². The van der Waals surface area contributed by atoms with E-state index >= 15 is 0 Å². The molecule has 0 spiro atoms. The van der Waals surface area contributed by atoms with Gasteiger partial charge in [-0.2, -0.15) is 0 Å². The fourth-order valence-corrected chi connectivity index (χ4v) is 2.80. The zero-order chi connectivity index (χ0) is 12.6. The number of halogens is 1. The molecule has 1 heterocycles. The van der Waals surface area contributed by atoms with Crippen LogP contribution in [0.3, 0.4) is 0 Å². The monoisotopic (exact) mass is 251 g/mol. The molecule has 1 saturated heterocycles. The Kier molecular flexibility index (Phi) is 3.17. The van der Waals surface area contributed by atoms with Crippen LogP contribution in [0.4, 0.5) is 5.69 Å². The molecule has 0 saturated carbocycles. The predicted octanol–water partition coefficient (Wildman–Crippen LogP) is 3.60. The third kappa shape index (κ3) is 2.47. The van der Waals surface area contributed by atoms with Crippen LogP contribution in [0.5, 0.6) is 0 Å². The van der Waals surface area contributed by atoms with E-state index in [0.29, 0.717) is 18.6 Å². The average Bonchev–Trinajstić information content (AvgIpc) is 2.18. The summed E-state index contributed by atoms with van der Waals surface area (Å²) in [6.07, 6.45) is 1.26. The normalized spacial score (nSPS) is 19.5. The summed E-state index contributed by atoms with van der Waals surface area (Å²) < 4.78 is 0. The number of anilines is 1. The zero-order valence-electron chi connectivity index (χ0n) is 10.6. The molecule has 1 aromatic rings. The predicted molar refractivity (Wildman–Crippen MR) is 71.9 cm³/mol. The van der Waals surface area contributed by atoms with Gasteiger partial charge >= 0.3 is 0 Å². The van der Waals surface area contributed by atoms with Gasteiger partial charge in [0.15, 0.2) is 0 Å². The van der Waals surface area contributed by atoms with Crippen molar-refractivity contribution in [3.8, 4) is 0 Å². The summed E-state index contributed by atoms with van der Waals surface area (Å²) in [5.74, 6) is 0.359. The number of hydrogen-bond donors (Lipinski definition) is 0. The lowest BCUT2D eigenvalue weighted by Crippen LogP contribution is -2.50. The minimum absolute atomic E-state index is 0.103. The summed E-state index contributed by atoms with van der Waals surface area (Å²) in [6.45, 7) is 7.11. The Balaban J connectivity index is 2.36. The molecule has 0 aliphatic carbocycles. The number of piperidine rings is 1. The minimum atomic E-state index is -0.103. The van der Waals surface area contributed by atoms with Crippen molar-refractivity contribution in [2.24, 2.45) is 0 Å². The Labute approximate surface area is 108 Å². The van der Waals surface area contributed by atoms with Crippen LogP contribution < -0.4 is 4.90 Å². The van der Waals surface area contributed by atoms with E-state index in [2.05, 4.69) is 31.7 Å². The van der Waals surface area contributed by atoms with Crippen molar-refractivity contribution in [3.05, 3.63) is 28.8 Å². The summed E-state index contributed by atoms with van der Waals surface area (Å²) in [6, 6.07) is 5.94. The van der Waals surface area contributed by atoms with Crippen LogP contribution in [-0.2, 0) is 4.79 Å². The molecule has 1 aliphatic rings. The average molecular weight is 252 g/mol. The maximum Gasteiger partial charge on any atom is 0.136 e. The van der Waals surface area contributed by atoms with E-state index in [-0.39, 0.29) is 5.54 Å². The van der Waals surface area contributed by atoms with Crippen LogP contribution in [0.25, 0.3) is 0 Å². The van der Waals surface area contributed by atoms with Crippen molar-refractivity contribution >= 4 is 23.1 Å². The van der Waals surface area contributed by atoms with Crippen molar-refractivity contribution in [2.45, 2.75) is 39.2 Å². The van der Waals surface area contributed by atoms with Crippen molar-refractivity contribution < 1.29 is 4.79 Å². The SMILES string of the molecule is Cc1cc(Cl)ccc1N1CCC(=O)CC1(C)C. The highest BCUT2D eigenvalue weighted by Gasteiger charge is 2.34. The zero-order valence-corrected chi connectivity index (χ0v) is 11.3. The molecular formula is C14H18ClNO. The lowest BCUT2D eigenvalue weighted by atomic mass is 9.88. The second-order valence-corrected chi connectivity index (χ2v) is 5.80. The van der Waals surface area contributed by atoms with Crippen LogP contribution in [0, 0.1) is 6.92 Å². The number of hydrogen-bond acceptors (Lipinski definition) is 2. The molecule has 0 N–H and O–H groups in total. The maximum atomic E-state index is 11.5. The molecule has 92 valence electrons. The van der Waals surface area contributed by atoms with Crippen molar-refractivity contribution in [1.82, 2.24) is 0 Å². The number of Topliss-reactive ketones (excluding diaryl/α,β-unsaturated/α-hetero) is 1. The van der Waals surface area contributed by atoms with Crippen LogP contribution >= 0.6 is 11.6 Å². The molecule has 0 unspecified atom stereocenters. The van der Waals surface area contributed by atoms with Crippen molar-refractivity contribution in [1.29, 1.82) is 0 Å². The largest absolute Gasteiger partial charge is 0.365 e. The summed E-state index contributed by atoms with van der Waals surface area (Å²) >= 11 is 5.98. The number of benzene rings is 1. The van der Waals surface area contributed by atoms with Gasteiger partial charge in [-0.25, -0.2) is 0 Å². The Morgan fingerprint density at radius 2 is 2.06 bits per heavy atom. The van der Waals surface area contributed by atoms with Gasteiger partial charge in [0.05, 0.1) is 0 Å². The van der Waals surface area contributed by atoms with Crippen LogP contribution in [0.15, 0.2) is 18.2 Å². The van der Waals surface area contributed by atoms with Gasteiger partial charge in [-0.05, 0) is 44.5 Å². The molecule has 1 aromatic carbocycles. The molecule has 17 heavy (non-hydrogen) atoms. The molecule has 0 bridgehead atoms. The van der Waals surface area contributed by atoms with Crippen molar-refractivity contribution in [3.63, 3.8) is 0 Å². The first-order chi connectivity index (χ1) is 7.90. The summed E-state index contributed by atoms with van der Waals surface area (Å²) in [5, 5.41) is 0.761. The van der Waals surface area contributed by atoms with Gasteiger partial charge in [0.1, 0.15) is 5.78 Å². The standard InChI is InChI=1S/C14H18ClNO/c1-10-8-11(15)4-5-13(10)16-7-6-12(17)9-14(16,2)3/h4-5,8H,6-7,9H2,1-3H3. The highest BCUT2D eigenvalue weighted by atomic mass is 35.5. The Morgan fingerprint density at radius 1 is 1.35 bits per heavy atom. The number of carbonyl (C=O) groups is 1. The summed E-state index contributed by atoms with van der Waals surface area (Å²) in [5.41, 5.74) is 2.25. The molecule has 3 heteroatoms. The van der Waals surface area contributed by atoms with Gasteiger partial charge in [-0.15, -0.1) is 0 Å². The van der Waals surface area contributed by atoms with Gasteiger partial charge in [0.25, 0.3) is 0 Å². The van der Waals surface area contributed by atoms with Gasteiger partial charge in [0.2, 0.25) is 0 Å². The first kappa shape index (κ1) is 12.4. The third-order valence-corrected chi connectivity index (χ3v) is 3.66. The van der Waals surface area contributed by atoms with Gasteiger partial charge in [0, 0.05) is 35.6 Å². The Hall–Kier alpha value is -1.02. The molecule has 1 aliphatic heterocycles. The Bertz CT molecular complexity index is 454. The highest BCUT2D eigenvalue weighted by Crippen LogP contribution is 2.34. The molecule has 1 fully saturated rings. The molecule has 0 amide bonds. The number of aryl methyl sites for hydroxylation is 1. The van der Waals surface area contributed by atoms with E-state index in [1.54, 1.807) is 0 Å².